The van der Waals surface area contributed by atoms with Gasteiger partial charge in [0, 0.05) is 16.3 Å². The fraction of sp³-hybridized carbons (Fsp3) is 0.136. The molecule has 0 atom stereocenters. The number of carbonyl (C=O) groups excluding carboxylic acids is 1. The number of fused-ring (bicyclic) bond motifs is 2. The number of carbonyl (C=O) groups is 1. The standard InChI is InChI=1S/C22H18N2O3/c1-3-27-22(26)19-18(14-10-8-13(2)9-11-14)16-12-15-6-4-5-7-17(15)23-20(16)24-21(19)25/h4-12H,3H2,1-2H3,(H,23,24,25). The zero-order chi connectivity index (χ0) is 19.0. The summed E-state index contributed by atoms with van der Waals surface area (Å²) in [5.74, 6) is -0.635. The van der Waals surface area contributed by atoms with Crippen molar-refractivity contribution in [3.05, 3.63) is 76.1 Å². The lowest BCUT2D eigenvalue weighted by molar-refractivity contribution is 0.0525. The number of aryl methyl sites for hydroxylation is 1. The van der Waals surface area contributed by atoms with E-state index in [0.717, 1.165) is 22.0 Å². The van der Waals surface area contributed by atoms with Gasteiger partial charge in [-0.05, 0) is 31.5 Å². The van der Waals surface area contributed by atoms with Crippen molar-refractivity contribution in [1.82, 2.24) is 9.97 Å². The summed E-state index contributed by atoms with van der Waals surface area (Å²) >= 11 is 0. The molecule has 0 saturated carbocycles. The predicted octanol–water partition coefficient (Wildman–Crippen LogP) is 4.23. The molecule has 0 radical (unpaired) electrons. The zero-order valence-electron chi connectivity index (χ0n) is 15.1. The summed E-state index contributed by atoms with van der Waals surface area (Å²) in [6.45, 7) is 3.90. The van der Waals surface area contributed by atoms with E-state index in [1.165, 1.54) is 0 Å². The molecule has 1 N–H and O–H groups in total. The summed E-state index contributed by atoms with van der Waals surface area (Å²) in [6, 6.07) is 17.3. The highest BCUT2D eigenvalue weighted by Crippen LogP contribution is 2.31. The Bertz CT molecular complexity index is 1220. The van der Waals surface area contributed by atoms with Gasteiger partial charge in [0.15, 0.2) is 0 Å². The van der Waals surface area contributed by atoms with Gasteiger partial charge in [0.05, 0.1) is 12.1 Å². The normalized spacial score (nSPS) is 11.0. The van der Waals surface area contributed by atoms with Crippen LogP contribution in [0.4, 0.5) is 0 Å². The van der Waals surface area contributed by atoms with Crippen molar-refractivity contribution in [2.45, 2.75) is 13.8 Å². The SMILES string of the molecule is CCOC(=O)c1c(-c2ccc(C)cc2)c2cc3ccccc3nc2[nH]c1=O. The Morgan fingerprint density at radius 1 is 1.11 bits per heavy atom. The highest BCUT2D eigenvalue weighted by molar-refractivity contribution is 6.08. The first-order chi connectivity index (χ1) is 13.1. The van der Waals surface area contributed by atoms with Crippen molar-refractivity contribution >= 4 is 27.9 Å². The third kappa shape index (κ3) is 2.97. The molecule has 5 nitrogen and oxygen atoms in total. The Labute approximate surface area is 155 Å². The quantitative estimate of drug-likeness (QED) is 0.439. The average molecular weight is 358 g/mol. The minimum Gasteiger partial charge on any atom is -0.462 e. The molecule has 27 heavy (non-hydrogen) atoms. The van der Waals surface area contributed by atoms with E-state index in [1.54, 1.807) is 6.92 Å². The summed E-state index contributed by atoms with van der Waals surface area (Å²) in [7, 11) is 0. The summed E-state index contributed by atoms with van der Waals surface area (Å²) in [5.41, 5.74) is 3.14. The first-order valence-corrected chi connectivity index (χ1v) is 8.78. The van der Waals surface area contributed by atoms with Gasteiger partial charge < -0.3 is 9.72 Å². The van der Waals surface area contributed by atoms with Crippen LogP contribution in [0, 0.1) is 6.92 Å². The molecule has 4 rings (SSSR count). The number of para-hydroxylation sites is 1. The van der Waals surface area contributed by atoms with Gasteiger partial charge in [-0.25, -0.2) is 9.78 Å². The van der Waals surface area contributed by atoms with Gasteiger partial charge in [-0.15, -0.1) is 0 Å². The molecule has 0 amide bonds. The molecule has 0 saturated heterocycles. The molecule has 5 heteroatoms. The van der Waals surface area contributed by atoms with E-state index in [2.05, 4.69) is 9.97 Å². The van der Waals surface area contributed by atoms with Crippen molar-refractivity contribution in [3.63, 3.8) is 0 Å². The van der Waals surface area contributed by atoms with Crippen LogP contribution in [-0.4, -0.2) is 22.5 Å². The molecule has 134 valence electrons. The minimum absolute atomic E-state index is 0.00489. The lowest BCUT2D eigenvalue weighted by atomic mass is 9.96. The van der Waals surface area contributed by atoms with E-state index in [9.17, 15) is 9.59 Å². The lowest BCUT2D eigenvalue weighted by Crippen LogP contribution is -2.22. The number of nitrogens with zero attached hydrogens (tertiary/aromatic N) is 1. The van der Waals surface area contributed by atoms with Crippen LogP contribution in [0.5, 0.6) is 0 Å². The van der Waals surface area contributed by atoms with Gasteiger partial charge in [0.2, 0.25) is 0 Å². The van der Waals surface area contributed by atoms with Crippen molar-refractivity contribution in [3.8, 4) is 11.1 Å². The lowest BCUT2D eigenvalue weighted by Gasteiger charge is -2.13. The molecule has 0 bridgehead atoms. The second-order valence-electron chi connectivity index (χ2n) is 6.37. The van der Waals surface area contributed by atoms with E-state index in [1.807, 2.05) is 61.5 Å². The fourth-order valence-corrected chi connectivity index (χ4v) is 3.24. The first-order valence-electron chi connectivity index (χ1n) is 8.78. The molecule has 2 aromatic heterocycles. The monoisotopic (exact) mass is 358 g/mol. The van der Waals surface area contributed by atoms with Gasteiger partial charge in [-0.1, -0.05) is 48.0 Å². The highest BCUT2D eigenvalue weighted by Gasteiger charge is 2.22. The number of pyridine rings is 2. The van der Waals surface area contributed by atoms with Crippen LogP contribution in [-0.2, 0) is 4.74 Å². The van der Waals surface area contributed by atoms with Crippen LogP contribution in [0.1, 0.15) is 22.8 Å². The van der Waals surface area contributed by atoms with E-state index < -0.39 is 11.5 Å². The number of rotatable bonds is 3. The molecular formula is C22H18N2O3. The molecule has 0 fully saturated rings. The number of ether oxygens (including phenoxy) is 1. The molecule has 0 unspecified atom stereocenters. The minimum atomic E-state index is -0.635. The van der Waals surface area contributed by atoms with Crippen LogP contribution in [0.15, 0.2) is 59.4 Å². The van der Waals surface area contributed by atoms with Crippen LogP contribution < -0.4 is 5.56 Å². The number of aromatic amines is 1. The van der Waals surface area contributed by atoms with Crippen LogP contribution in [0.3, 0.4) is 0 Å². The third-order valence-electron chi connectivity index (χ3n) is 4.52. The Morgan fingerprint density at radius 3 is 2.59 bits per heavy atom. The number of nitrogens with one attached hydrogen (secondary N) is 1. The summed E-state index contributed by atoms with van der Waals surface area (Å²) < 4.78 is 5.15. The second kappa shape index (κ2) is 6.68. The number of hydrogen-bond donors (Lipinski definition) is 1. The summed E-state index contributed by atoms with van der Waals surface area (Å²) in [5, 5.41) is 1.64. The van der Waals surface area contributed by atoms with Crippen LogP contribution in [0.2, 0.25) is 0 Å². The summed E-state index contributed by atoms with van der Waals surface area (Å²) in [4.78, 5) is 32.6. The average Bonchev–Trinajstić information content (AvgIpc) is 2.66. The Hall–Kier alpha value is -3.47. The molecule has 0 aliphatic heterocycles. The molecular weight excluding hydrogens is 340 g/mol. The van der Waals surface area contributed by atoms with Gasteiger partial charge in [-0.3, -0.25) is 4.79 Å². The predicted molar refractivity (Wildman–Crippen MR) is 106 cm³/mol. The number of benzene rings is 2. The van der Waals surface area contributed by atoms with E-state index >= 15 is 0 Å². The number of aromatic nitrogens is 2. The molecule has 0 aliphatic rings. The molecule has 0 spiro atoms. The van der Waals surface area contributed by atoms with Crippen LogP contribution in [0.25, 0.3) is 33.1 Å². The molecule has 4 aromatic rings. The summed E-state index contributed by atoms with van der Waals surface area (Å²) in [6.07, 6.45) is 0. The maximum Gasteiger partial charge on any atom is 0.344 e. The Kier molecular flexibility index (Phi) is 4.20. The van der Waals surface area contributed by atoms with Crippen molar-refractivity contribution in [1.29, 1.82) is 0 Å². The topological polar surface area (TPSA) is 72.0 Å². The zero-order valence-corrected chi connectivity index (χ0v) is 15.1. The first kappa shape index (κ1) is 17.0. The Balaban J connectivity index is 2.14. The maximum absolute atomic E-state index is 12.8. The number of hydrogen-bond acceptors (Lipinski definition) is 4. The highest BCUT2D eigenvalue weighted by atomic mass is 16.5. The third-order valence-corrected chi connectivity index (χ3v) is 4.52. The van der Waals surface area contributed by atoms with Crippen molar-refractivity contribution in [2.75, 3.05) is 6.61 Å². The van der Waals surface area contributed by atoms with E-state index in [0.29, 0.717) is 16.6 Å². The largest absolute Gasteiger partial charge is 0.462 e. The molecule has 0 aliphatic carbocycles. The smallest absolute Gasteiger partial charge is 0.344 e. The van der Waals surface area contributed by atoms with Crippen molar-refractivity contribution < 1.29 is 9.53 Å². The number of esters is 1. The second-order valence-corrected chi connectivity index (χ2v) is 6.37. The van der Waals surface area contributed by atoms with Crippen molar-refractivity contribution in [2.24, 2.45) is 0 Å². The molecule has 2 heterocycles. The van der Waals surface area contributed by atoms with E-state index in [-0.39, 0.29) is 12.2 Å². The van der Waals surface area contributed by atoms with Gasteiger partial charge in [0.1, 0.15) is 11.2 Å². The molecule has 2 aromatic carbocycles. The van der Waals surface area contributed by atoms with Gasteiger partial charge in [-0.2, -0.15) is 0 Å². The van der Waals surface area contributed by atoms with Crippen LogP contribution >= 0.6 is 0 Å². The van der Waals surface area contributed by atoms with Gasteiger partial charge in [0.25, 0.3) is 5.56 Å². The maximum atomic E-state index is 12.8. The fourth-order valence-electron chi connectivity index (χ4n) is 3.24. The Morgan fingerprint density at radius 2 is 1.85 bits per heavy atom. The van der Waals surface area contributed by atoms with E-state index in [4.69, 9.17) is 4.74 Å². The number of H-pyrrole nitrogens is 1. The van der Waals surface area contributed by atoms with Gasteiger partial charge >= 0.3 is 5.97 Å².